The van der Waals surface area contributed by atoms with Gasteiger partial charge in [-0.2, -0.15) is 0 Å². The number of hydrogen-bond acceptors (Lipinski definition) is 3. The Bertz CT molecular complexity index is 388. The lowest BCUT2D eigenvalue weighted by Crippen LogP contribution is -2.39. The summed E-state index contributed by atoms with van der Waals surface area (Å²) in [5, 5.41) is 3.05. The smallest absolute Gasteiger partial charge is 0.220 e. The fourth-order valence-corrected chi connectivity index (χ4v) is 2.30. The highest BCUT2D eigenvalue weighted by Crippen LogP contribution is 2.15. The minimum atomic E-state index is -0.0679. The first-order chi connectivity index (χ1) is 9.25. The van der Waals surface area contributed by atoms with E-state index >= 15 is 0 Å². The van der Waals surface area contributed by atoms with Crippen LogP contribution in [0.3, 0.4) is 0 Å². The summed E-state index contributed by atoms with van der Waals surface area (Å²) in [7, 11) is 0. The van der Waals surface area contributed by atoms with Gasteiger partial charge < -0.3 is 15.8 Å². The lowest BCUT2D eigenvalue weighted by atomic mass is 10.0. The predicted molar refractivity (Wildman–Crippen MR) is 74.6 cm³/mol. The third-order valence-corrected chi connectivity index (χ3v) is 3.50. The summed E-state index contributed by atoms with van der Waals surface area (Å²) in [6.07, 6.45) is 2.99. The van der Waals surface area contributed by atoms with Crippen molar-refractivity contribution in [2.45, 2.75) is 37.8 Å². The van der Waals surface area contributed by atoms with Crippen molar-refractivity contribution in [3.05, 3.63) is 35.9 Å². The number of carbonyl (C=O) groups is 1. The number of rotatable bonds is 5. The molecule has 4 heteroatoms. The molecule has 1 amide bonds. The number of carbonyl (C=O) groups excluding carboxylic acids is 1. The Labute approximate surface area is 114 Å². The molecule has 4 nitrogen and oxygen atoms in total. The van der Waals surface area contributed by atoms with Crippen molar-refractivity contribution in [2.24, 2.45) is 5.73 Å². The number of ether oxygens (including phenoxy) is 1. The molecule has 0 saturated carbocycles. The van der Waals surface area contributed by atoms with Crippen LogP contribution in [0, 0.1) is 0 Å². The molecule has 3 N–H and O–H groups in total. The molecule has 1 atom stereocenters. The summed E-state index contributed by atoms with van der Waals surface area (Å²) in [6.45, 7) is 1.49. The minimum Gasteiger partial charge on any atom is -0.381 e. The highest BCUT2D eigenvalue weighted by molar-refractivity contribution is 5.76. The summed E-state index contributed by atoms with van der Waals surface area (Å²) in [5.41, 5.74) is 7.16. The van der Waals surface area contributed by atoms with Crippen LogP contribution in [0.25, 0.3) is 0 Å². The van der Waals surface area contributed by atoms with Gasteiger partial charge in [0, 0.05) is 31.7 Å². The van der Waals surface area contributed by atoms with E-state index in [4.69, 9.17) is 10.5 Å². The fraction of sp³-hybridized carbons (Fsp3) is 0.533. The van der Waals surface area contributed by atoms with Crippen molar-refractivity contribution in [2.75, 3.05) is 13.2 Å². The van der Waals surface area contributed by atoms with Gasteiger partial charge in [-0.3, -0.25) is 4.79 Å². The Morgan fingerprint density at radius 1 is 1.32 bits per heavy atom. The molecule has 1 aromatic carbocycles. The van der Waals surface area contributed by atoms with Gasteiger partial charge in [0.05, 0.1) is 0 Å². The fourth-order valence-electron chi connectivity index (χ4n) is 2.30. The first-order valence-electron chi connectivity index (χ1n) is 6.93. The quantitative estimate of drug-likeness (QED) is 0.850. The molecule has 0 radical (unpaired) electrons. The standard InChI is InChI=1S/C15H22N2O2/c16-14(12-4-2-1-3-5-12)6-7-15(18)17-13-8-10-19-11-9-13/h1-5,13-14H,6-11,16H2,(H,17,18). The van der Waals surface area contributed by atoms with Crippen LogP contribution in [0.4, 0.5) is 0 Å². The molecule has 19 heavy (non-hydrogen) atoms. The van der Waals surface area contributed by atoms with Gasteiger partial charge in [0.2, 0.25) is 5.91 Å². The molecule has 0 bridgehead atoms. The van der Waals surface area contributed by atoms with Crippen LogP contribution >= 0.6 is 0 Å². The highest BCUT2D eigenvalue weighted by atomic mass is 16.5. The largest absolute Gasteiger partial charge is 0.381 e. The van der Waals surface area contributed by atoms with E-state index in [1.54, 1.807) is 0 Å². The van der Waals surface area contributed by atoms with Crippen molar-refractivity contribution < 1.29 is 9.53 Å². The molecule has 1 aliphatic heterocycles. The van der Waals surface area contributed by atoms with Crippen LogP contribution in [0.1, 0.15) is 37.3 Å². The molecule has 1 aliphatic rings. The number of benzene rings is 1. The van der Waals surface area contributed by atoms with Crippen molar-refractivity contribution in [1.29, 1.82) is 0 Å². The van der Waals surface area contributed by atoms with Crippen molar-refractivity contribution in [3.8, 4) is 0 Å². The molecular formula is C15H22N2O2. The van der Waals surface area contributed by atoms with E-state index in [0.717, 1.165) is 31.6 Å². The van der Waals surface area contributed by atoms with Crippen LogP contribution in [-0.4, -0.2) is 25.2 Å². The third-order valence-electron chi connectivity index (χ3n) is 3.50. The molecule has 2 rings (SSSR count). The SMILES string of the molecule is NC(CCC(=O)NC1CCOCC1)c1ccccc1. The Balaban J connectivity index is 1.71. The Hall–Kier alpha value is -1.39. The second-order valence-electron chi connectivity index (χ2n) is 5.01. The van der Waals surface area contributed by atoms with E-state index in [1.807, 2.05) is 30.3 Å². The van der Waals surface area contributed by atoms with Crippen LogP contribution in [0.2, 0.25) is 0 Å². The molecule has 1 saturated heterocycles. The first kappa shape index (κ1) is 14.0. The molecule has 1 unspecified atom stereocenters. The van der Waals surface area contributed by atoms with Gasteiger partial charge in [-0.1, -0.05) is 30.3 Å². The summed E-state index contributed by atoms with van der Waals surface area (Å²) in [5.74, 6) is 0.0956. The normalized spacial score (nSPS) is 17.9. The lowest BCUT2D eigenvalue weighted by molar-refractivity contribution is -0.122. The zero-order chi connectivity index (χ0) is 13.5. The Morgan fingerprint density at radius 2 is 2.00 bits per heavy atom. The summed E-state index contributed by atoms with van der Waals surface area (Å²) >= 11 is 0. The predicted octanol–water partition coefficient (Wildman–Crippen LogP) is 1.76. The van der Waals surface area contributed by atoms with Crippen LogP contribution in [0.5, 0.6) is 0 Å². The second-order valence-corrected chi connectivity index (χ2v) is 5.01. The Morgan fingerprint density at radius 3 is 2.68 bits per heavy atom. The lowest BCUT2D eigenvalue weighted by Gasteiger charge is -2.23. The van der Waals surface area contributed by atoms with Gasteiger partial charge in [-0.05, 0) is 24.8 Å². The third kappa shape index (κ3) is 4.65. The minimum absolute atomic E-state index is 0.0679. The maximum absolute atomic E-state index is 11.8. The van der Waals surface area contributed by atoms with Crippen molar-refractivity contribution >= 4 is 5.91 Å². The topological polar surface area (TPSA) is 64.4 Å². The summed E-state index contributed by atoms with van der Waals surface area (Å²) in [4.78, 5) is 11.8. The summed E-state index contributed by atoms with van der Waals surface area (Å²) in [6, 6.07) is 10.1. The molecule has 1 fully saturated rings. The average molecular weight is 262 g/mol. The highest BCUT2D eigenvalue weighted by Gasteiger charge is 2.16. The monoisotopic (exact) mass is 262 g/mol. The van der Waals surface area contributed by atoms with E-state index in [1.165, 1.54) is 0 Å². The maximum atomic E-state index is 11.8. The molecule has 104 valence electrons. The maximum Gasteiger partial charge on any atom is 0.220 e. The van der Waals surface area contributed by atoms with E-state index in [2.05, 4.69) is 5.32 Å². The van der Waals surface area contributed by atoms with Gasteiger partial charge in [0.25, 0.3) is 0 Å². The van der Waals surface area contributed by atoms with Gasteiger partial charge in [-0.15, -0.1) is 0 Å². The zero-order valence-electron chi connectivity index (χ0n) is 11.2. The average Bonchev–Trinajstić information content (AvgIpc) is 2.47. The molecule has 1 aromatic rings. The molecule has 0 spiro atoms. The molecule has 0 aromatic heterocycles. The number of hydrogen-bond donors (Lipinski definition) is 2. The number of nitrogens with one attached hydrogen (secondary N) is 1. The van der Waals surface area contributed by atoms with Gasteiger partial charge in [-0.25, -0.2) is 0 Å². The van der Waals surface area contributed by atoms with E-state index < -0.39 is 0 Å². The Kier molecular flexibility index (Phi) is 5.36. The number of amides is 1. The van der Waals surface area contributed by atoms with Crippen LogP contribution in [0.15, 0.2) is 30.3 Å². The van der Waals surface area contributed by atoms with Crippen molar-refractivity contribution in [3.63, 3.8) is 0 Å². The summed E-state index contributed by atoms with van der Waals surface area (Å²) < 4.78 is 5.27. The van der Waals surface area contributed by atoms with Crippen LogP contribution in [-0.2, 0) is 9.53 Å². The first-order valence-corrected chi connectivity index (χ1v) is 6.93. The zero-order valence-corrected chi connectivity index (χ0v) is 11.2. The van der Waals surface area contributed by atoms with Gasteiger partial charge in [0.15, 0.2) is 0 Å². The van der Waals surface area contributed by atoms with Crippen LogP contribution < -0.4 is 11.1 Å². The van der Waals surface area contributed by atoms with Crippen molar-refractivity contribution in [1.82, 2.24) is 5.32 Å². The molecular weight excluding hydrogens is 240 g/mol. The van der Waals surface area contributed by atoms with E-state index in [-0.39, 0.29) is 18.0 Å². The van der Waals surface area contributed by atoms with E-state index in [0.29, 0.717) is 12.8 Å². The molecule has 0 aliphatic carbocycles. The number of nitrogens with two attached hydrogens (primary N) is 1. The molecule has 1 heterocycles. The van der Waals surface area contributed by atoms with Gasteiger partial charge >= 0.3 is 0 Å². The van der Waals surface area contributed by atoms with Gasteiger partial charge in [0.1, 0.15) is 0 Å². The second kappa shape index (κ2) is 7.26. The van der Waals surface area contributed by atoms with E-state index in [9.17, 15) is 4.79 Å².